The molecule has 0 saturated heterocycles. The maximum absolute atomic E-state index is 12.2. The van der Waals surface area contributed by atoms with Gasteiger partial charge >= 0.3 is 0 Å². The van der Waals surface area contributed by atoms with Crippen LogP contribution in [0.4, 0.5) is 0 Å². The first kappa shape index (κ1) is 15.6. The van der Waals surface area contributed by atoms with Gasteiger partial charge in [0.25, 0.3) is 5.91 Å². The van der Waals surface area contributed by atoms with Crippen molar-refractivity contribution < 1.29 is 13.2 Å². The maximum Gasteiger partial charge on any atom is 0.254 e. The number of nitrogens with two attached hydrogens (primary N) is 1. The van der Waals surface area contributed by atoms with Gasteiger partial charge in [-0.3, -0.25) is 4.79 Å². The quantitative estimate of drug-likeness (QED) is 0.815. The second-order valence-electron chi connectivity index (χ2n) is 4.09. The van der Waals surface area contributed by atoms with Gasteiger partial charge in [-0.15, -0.1) is 0 Å². The average molecular weight is 300 g/mol. The molecular formula is C12H16N2O3S2. The van der Waals surface area contributed by atoms with E-state index in [4.69, 9.17) is 18.0 Å². The van der Waals surface area contributed by atoms with Crippen LogP contribution in [-0.2, 0) is 9.84 Å². The lowest BCUT2D eigenvalue weighted by molar-refractivity contribution is 0.0787. The highest BCUT2D eigenvalue weighted by Gasteiger charge is 2.17. The highest BCUT2D eigenvalue weighted by atomic mass is 32.2. The van der Waals surface area contributed by atoms with E-state index >= 15 is 0 Å². The molecule has 0 aromatic heterocycles. The molecule has 0 aliphatic heterocycles. The normalized spacial score (nSPS) is 11.1. The van der Waals surface area contributed by atoms with Gasteiger partial charge in [-0.25, -0.2) is 8.42 Å². The van der Waals surface area contributed by atoms with E-state index in [-0.39, 0.29) is 22.3 Å². The van der Waals surface area contributed by atoms with Gasteiger partial charge in [-0.2, -0.15) is 0 Å². The van der Waals surface area contributed by atoms with Crippen molar-refractivity contribution in [3.63, 3.8) is 0 Å². The fourth-order valence-electron chi connectivity index (χ4n) is 1.56. The van der Waals surface area contributed by atoms with Crippen LogP contribution in [0.5, 0.6) is 0 Å². The number of carbonyl (C=O) groups is 1. The predicted molar refractivity (Wildman–Crippen MR) is 77.9 cm³/mol. The summed E-state index contributed by atoms with van der Waals surface area (Å²) in [5.74, 6) is -0.291. The highest BCUT2D eigenvalue weighted by molar-refractivity contribution is 7.90. The largest absolute Gasteiger partial charge is 0.392 e. The predicted octanol–water partition coefficient (Wildman–Crippen LogP) is 0.838. The first-order valence-corrected chi connectivity index (χ1v) is 7.93. The molecule has 2 N–H and O–H groups in total. The molecule has 7 heteroatoms. The molecule has 1 aromatic carbocycles. The van der Waals surface area contributed by atoms with Crippen molar-refractivity contribution in [2.75, 3.05) is 19.3 Å². The van der Waals surface area contributed by atoms with Gasteiger partial charge in [0, 0.05) is 18.4 Å². The molecule has 0 atom stereocenters. The zero-order valence-electron chi connectivity index (χ0n) is 10.8. The van der Waals surface area contributed by atoms with E-state index in [2.05, 4.69) is 0 Å². The van der Waals surface area contributed by atoms with Crippen molar-refractivity contribution in [3.05, 3.63) is 29.8 Å². The summed E-state index contributed by atoms with van der Waals surface area (Å²) < 4.78 is 22.9. The Bertz CT molecular complexity index is 597. The van der Waals surface area contributed by atoms with E-state index in [0.29, 0.717) is 12.1 Å². The maximum atomic E-state index is 12.2. The lowest BCUT2D eigenvalue weighted by Gasteiger charge is -2.20. The van der Waals surface area contributed by atoms with Crippen LogP contribution >= 0.6 is 12.2 Å². The molecule has 0 fully saturated rings. The minimum Gasteiger partial charge on any atom is -0.392 e. The number of hydrogen-bond donors (Lipinski definition) is 1. The standard InChI is InChI=1S/C12H16N2O3S2/c1-3-14(8-11(13)18)12(15)9-5-4-6-10(7-9)19(2,16)17/h4-7H,3,8H2,1-2H3,(H2,13,18). The second kappa shape index (κ2) is 6.12. The van der Waals surface area contributed by atoms with Crippen LogP contribution in [0.1, 0.15) is 17.3 Å². The van der Waals surface area contributed by atoms with E-state index in [1.807, 2.05) is 0 Å². The van der Waals surface area contributed by atoms with E-state index in [1.54, 1.807) is 13.0 Å². The fourth-order valence-corrected chi connectivity index (χ4v) is 2.38. The Morgan fingerprint density at radius 2 is 2.05 bits per heavy atom. The smallest absolute Gasteiger partial charge is 0.254 e. The second-order valence-corrected chi connectivity index (χ2v) is 6.63. The minimum absolute atomic E-state index is 0.115. The van der Waals surface area contributed by atoms with Crippen LogP contribution in [0.2, 0.25) is 0 Å². The zero-order chi connectivity index (χ0) is 14.6. The van der Waals surface area contributed by atoms with Gasteiger partial charge in [0.2, 0.25) is 0 Å². The average Bonchev–Trinajstić information content (AvgIpc) is 2.34. The third-order valence-corrected chi connectivity index (χ3v) is 3.76. The van der Waals surface area contributed by atoms with E-state index in [0.717, 1.165) is 6.26 Å². The summed E-state index contributed by atoms with van der Waals surface area (Å²) in [5.41, 5.74) is 5.73. The summed E-state index contributed by atoms with van der Waals surface area (Å²) in [6.45, 7) is 2.42. The number of hydrogen-bond acceptors (Lipinski definition) is 4. The first-order chi connectivity index (χ1) is 8.75. The van der Waals surface area contributed by atoms with Gasteiger partial charge in [0.05, 0.1) is 16.4 Å². The van der Waals surface area contributed by atoms with E-state index in [1.165, 1.54) is 23.1 Å². The molecule has 0 bridgehead atoms. The molecule has 0 unspecified atom stereocenters. The molecule has 0 heterocycles. The fraction of sp³-hybridized carbons (Fsp3) is 0.333. The lowest BCUT2D eigenvalue weighted by atomic mass is 10.2. The molecule has 1 rings (SSSR count). The van der Waals surface area contributed by atoms with Crippen molar-refractivity contribution in [1.82, 2.24) is 4.90 Å². The molecule has 1 aromatic rings. The van der Waals surface area contributed by atoms with Gasteiger partial charge < -0.3 is 10.6 Å². The van der Waals surface area contributed by atoms with Gasteiger partial charge in [0.15, 0.2) is 9.84 Å². The number of sulfone groups is 1. The highest BCUT2D eigenvalue weighted by Crippen LogP contribution is 2.13. The molecule has 0 aliphatic rings. The Morgan fingerprint density at radius 1 is 1.42 bits per heavy atom. The van der Waals surface area contributed by atoms with Crippen LogP contribution < -0.4 is 5.73 Å². The molecule has 0 saturated carbocycles. The Balaban J connectivity index is 3.09. The monoisotopic (exact) mass is 300 g/mol. The third kappa shape index (κ3) is 4.29. The van der Waals surface area contributed by atoms with Gasteiger partial charge in [0.1, 0.15) is 0 Å². The Morgan fingerprint density at radius 3 is 2.53 bits per heavy atom. The first-order valence-electron chi connectivity index (χ1n) is 5.63. The number of thiocarbonyl (C=S) groups is 1. The topological polar surface area (TPSA) is 80.5 Å². The number of nitrogens with zero attached hydrogens (tertiary/aromatic N) is 1. The van der Waals surface area contributed by atoms with Crippen LogP contribution in [0.25, 0.3) is 0 Å². The SMILES string of the molecule is CCN(CC(N)=S)C(=O)c1cccc(S(C)(=O)=O)c1. The number of likely N-dealkylation sites (N-methyl/N-ethyl adjacent to an activating group) is 1. The summed E-state index contributed by atoms with van der Waals surface area (Å²) >= 11 is 4.78. The third-order valence-electron chi connectivity index (χ3n) is 2.52. The molecule has 5 nitrogen and oxygen atoms in total. The molecular weight excluding hydrogens is 284 g/mol. The van der Waals surface area contributed by atoms with Gasteiger partial charge in [-0.1, -0.05) is 18.3 Å². The molecule has 19 heavy (non-hydrogen) atoms. The van der Waals surface area contributed by atoms with Crippen molar-refractivity contribution in [1.29, 1.82) is 0 Å². The Kier molecular flexibility index (Phi) is 5.02. The van der Waals surface area contributed by atoms with Crippen LogP contribution in [0, 0.1) is 0 Å². The molecule has 1 amide bonds. The summed E-state index contributed by atoms with van der Waals surface area (Å²) in [6, 6.07) is 5.92. The molecule has 0 radical (unpaired) electrons. The summed E-state index contributed by atoms with van der Waals surface area (Å²) in [6.07, 6.45) is 1.10. The van der Waals surface area contributed by atoms with Crippen molar-refractivity contribution in [3.8, 4) is 0 Å². The Labute approximate surface area is 118 Å². The molecule has 0 aliphatic carbocycles. The zero-order valence-corrected chi connectivity index (χ0v) is 12.4. The number of amides is 1. The van der Waals surface area contributed by atoms with E-state index < -0.39 is 9.84 Å². The minimum atomic E-state index is -3.34. The summed E-state index contributed by atoms with van der Waals surface area (Å²) in [4.78, 5) is 14.0. The Hall–Kier alpha value is -1.47. The number of benzene rings is 1. The van der Waals surface area contributed by atoms with Crippen LogP contribution in [0.15, 0.2) is 29.2 Å². The summed E-state index contributed by atoms with van der Waals surface area (Å²) in [5, 5.41) is 0. The van der Waals surface area contributed by atoms with Crippen LogP contribution in [0.3, 0.4) is 0 Å². The van der Waals surface area contributed by atoms with Crippen molar-refractivity contribution in [2.45, 2.75) is 11.8 Å². The van der Waals surface area contributed by atoms with E-state index in [9.17, 15) is 13.2 Å². The van der Waals surface area contributed by atoms with Crippen molar-refractivity contribution >= 4 is 33.0 Å². The van der Waals surface area contributed by atoms with Gasteiger partial charge in [-0.05, 0) is 25.1 Å². The van der Waals surface area contributed by atoms with Crippen molar-refractivity contribution in [2.24, 2.45) is 5.73 Å². The molecule has 104 valence electrons. The number of rotatable bonds is 5. The summed E-state index contributed by atoms with van der Waals surface area (Å²) in [7, 11) is -3.34. The van der Waals surface area contributed by atoms with Crippen LogP contribution in [-0.4, -0.2) is 43.6 Å². The molecule has 0 spiro atoms. The lowest BCUT2D eigenvalue weighted by Crippen LogP contribution is -2.37. The number of carbonyl (C=O) groups excluding carboxylic acids is 1.